The summed E-state index contributed by atoms with van der Waals surface area (Å²) in [5, 5.41) is 4.59. The van der Waals surface area contributed by atoms with E-state index in [1.54, 1.807) is 19.2 Å². The van der Waals surface area contributed by atoms with Crippen LogP contribution in [0.4, 0.5) is 0 Å². The SMILES string of the molecule is COc1cc(Cl)ccc1-c1noc(CCCC(C)N)n1. The summed E-state index contributed by atoms with van der Waals surface area (Å²) in [6.07, 6.45) is 2.59. The molecule has 2 rings (SSSR count). The number of aromatic nitrogens is 2. The van der Waals surface area contributed by atoms with Crippen LogP contribution in [0.15, 0.2) is 22.7 Å². The Morgan fingerprint density at radius 2 is 2.25 bits per heavy atom. The van der Waals surface area contributed by atoms with Crippen molar-refractivity contribution < 1.29 is 9.26 Å². The minimum Gasteiger partial charge on any atom is -0.496 e. The molecule has 0 aliphatic carbocycles. The molecule has 0 radical (unpaired) electrons. The first kappa shape index (κ1) is 14.8. The second-order valence-electron chi connectivity index (χ2n) is 4.73. The summed E-state index contributed by atoms with van der Waals surface area (Å²) < 4.78 is 10.5. The van der Waals surface area contributed by atoms with Gasteiger partial charge in [0.1, 0.15) is 5.75 Å². The number of hydrogen-bond donors (Lipinski definition) is 1. The van der Waals surface area contributed by atoms with Gasteiger partial charge in [0.15, 0.2) is 0 Å². The normalized spacial score (nSPS) is 12.4. The van der Waals surface area contributed by atoms with Crippen LogP contribution in [0.1, 0.15) is 25.7 Å². The van der Waals surface area contributed by atoms with Gasteiger partial charge in [0.2, 0.25) is 11.7 Å². The molecule has 0 saturated carbocycles. The van der Waals surface area contributed by atoms with E-state index < -0.39 is 0 Å². The predicted molar refractivity (Wildman–Crippen MR) is 77.9 cm³/mol. The zero-order chi connectivity index (χ0) is 14.5. The smallest absolute Gasteiger partial charge is 0.226 e. The first-order valence-corrected chi connectivity index (χ1v) is 6.90. The van der Waals surface area contributed by atoms with Crippen LogP contribution in [0, 0.1) is 0 Å². The lowest BCUT2D eigenvalue weighted by Crippen LogP contribution is -2.14. The third-order valence-corrected chi connectivity index (χ3v) is 3.16. The van der Waals surface area contributed by atoms with Gasteiger partial charge in [0, 0.05) is 17.5 Å². The first-order chi connectivity index (χ1) is 9.60. The van der Waals surface area contributed by atoms with Crippen molar-refractivity contribution in [1.82, 2.24) is 10.1 Å². The van der Waals surface area contributed by atoms with Gasteiger partial charge in [-0.1, -0.05) is 16.8 Å². The Labute approximate surface area is 123 Å². The van der Waals surface area contributed by atoms with Crippen molar-refractivity contribution in [3.63, 3.8) is 0 Å². The van der Waals surface area contributed by atoms with Crippen LogP contribution in [0.25, 0.3) is 11.4 Å². The predicted octanol–water partition coefficient (Wildman–Crippen LogP) is 3.07. The van der Waals surface area contributed by atoms with Crippen LogP contribution in [0.2, 0.25) is 5.02 Å². The topological polar surface area (TPSA) is 74.2 Å². The molecule has 0 saturated heterocycles. The Hall–Kier alpha value is -1.59. The standard InChI is InChI=1S/C14H18ClN3O2/c1-9(16)4-3-5-13-17-14(18-20-13)11-7-6-10(15)8-12(11)19-2/h6-9H,3-5,16H2,1-2H3. The van der Waals surface area contributed by atoms with E-state index in [-0.39, 0.29) is 6.04 Å². The molecule has 108 valence electrons. The molecule has 0 bridgehead atoms. The Morgan fingerprint density at radius 1 is 1.45 bits per heavy atom. The van der Waals surface area contributed by atoms with Crippen molar-refractivity contribution in [3.8, 4) is 17.1 Å². The molecule has 0 aliphatic heterocycles. The molecule has 1 aromatic heterocycles. The molecular weight excluding hydrogens is 278 g/mol. The molecule has 20 heavy (non-hydrogen) atoms. The molecule has 1 aromatic carbocycles. The van der Waals surface area contributed by atoms with Crippen LogP contribution in [0.5, 0.6) is 5.75 Å². The third kappa shape index (κ3) is 3.71. The maximum Gasteiger partial charge on any atom is 0.226 e. The van der Waals surface area contributed by atoms with E-state index in [0.717, 1.165) is 24.8 Å². The zero-order valence-corrected chi connectivity index (χ0v) is 12.4. The number of nitrogens with two attached hydrogens (primary N) is 1. The lowest BCUT2D eigenvalue weighted by molar-refractivity contribution is 0.372. The van der Waals surface area contributed by atoms with Gasteiger partial charge >= 0.3 is 0 Å². The maximum atomic E-state index is 5.93. The highest BCUT2D eigenvalue weighted by atomic mass is 35.5. The minimum atomic E-state index is 0.189. The van der Waals surface area contributed by atoms with E-state index in [0.29, 0.717) is 22.5 Å². The number of hydrogen-bond acceptors (Lipinski definition) is 5. The van der Waals surface area contributed by atoms with Crippen molar-refractivity contribution in [1.29, 1.82) is 0 Å². The Balaban J connectivity index is 2.12. The second kappa shape index (κ2) is 6.72. The summed E-state index contributed by atoms with van der Waals surface area (Å²) in [5.41, 5.74) is 6.47. The number of benzene rings is 1. The summed E-state index contributed by atoms with van der Waals surface area (Å²) >= 11 is 5.93. The fourth-order valence-electron chi connectivity index (χ4n) is 1.89. The summed E-state index contributed by atoms with van der Waals surface area (Å²) in [6, 6.07) is 5.50. The van der Waals surface area contributed by atoms with E-state index >= 15 is 0 Å². The van der Waals surface area contributed by atoms with Crippen molar-refractivity contribution in [2.75, 3.05) is 7.11 Å². The molecule has 6 heteroatoms. The number of methoxy groups -OCH3 is 1. The summed E-state index contributed by atoms with van der Waals surface area (Å²) in [5.74, 6) is 1.74. The van der Waals surface area contributed by atoms with E-state index in [1.807, 2.05) is 13.0 Å². The number of halogens is 1. The van der Waals surface area contributed by atoms with E-state index in [9.17, 15) is 0 Å². The molecule has 0 fully saturated rings. The molecule has 1 unspecified atom stereocenters. The molecule has 5 nitrogen and oxygen atoms in total. The van der Waals surface area contributed by atoms with Gasteiger partial charge in [-0.15, -0.1) is 0 Å². The van der Waals surface area contributed by atoms with Gasteiger partial charge < -0.3 is 15.0 Å². The van der Waals surface area contributed by atoms with Gasteiger partial charge in [-0.25, -0.2) is 0 Å². The third-order valence-electron chi connectivity index (χ3n) is 2.92. The van der Waals surface area contributed by atoms with Crippen LogP contribution >= 0.6 is 11.6 Å². The van der Waals surface area contributed by atoms with Gasteiger partial charge in [-0.05, 0) is 38.0 Å². The van der Waals surface area contributed by atoms with Crippen LogP contribution in [-0.2, 0) is 6.42 Å². The van der Waals surface area contributed by atoms with Gasteiger partial charge in [-0.3, -0.25) is 0 Å². The van der Waals surface area contributed by atoms with Crippen molar-refractivity contribution in [2.45, 2.75) is 32.2 Å². The zero-order valence-electron chi connectivity index (χ0n) is 11.6. The average molecular weight is 296 g/mol. The van der Waals surface area contributed by atoms with Crippen LogP contribution in [0.3, 0.4) is 0 Å². The molecule has 1 atom stereocenters. The molecule has 2 N–H and O–H groups in total. The summed E-state index contributed by atoms with van der Waals surface area (Å²) in [4.78, 5) is 4.37. The Bertz CT molecular complexity index is 569. The fourth-order valence-corrected chi connectivity index (χ4v) is 2.05. The second-order valence-corrected chi connectivity index (χ2v) is 5.16. The summed E-state index contributed by atoms with van der Waals surface area (Å²) in [7, 11) is 1.58. The molecule has 2 aromatic rings. The highest BCUT2D eigenvalue weighted by Gasteiger charge is 2.13. The van der Waals surface area contributed by atoms with E-state index in [4.69, 9.17) is 26.6 Å². The first-order valence-electron chi connectivity index (χ1n) is 6.52. The molecule has 1 heterocycles. The summed E-state index contributed by atoms with van der Waals surface area (Å²) in [6.45, 7) is 1.98. The lowest BCUT2D eigenvalue weighted by Gasteiger charge is -2.04. The van der Waals surface area contributed by atoms with Gasteiger partial charge in [-0.2, -0.15) is 4.98 Å². The Kier molecular flexibility index (Phi) is 4.98. The van der Waals surface area contributed by atoms with Crippen molar-refractivity contribution >= 4 is 11.6 Å². The average Bonchev–Trinajstić information content (AvgIpc) is 2.86. The van der Waals surface area contributed by atoms with E-state index in [1.165, 1.54) is 0 Å². The molecule has 0 amide bonds. The highest BCUT2D eigenvalue weighted by Crippen LogP contribution is 2.30. The minimum absolute atomic E-state index is 0.189. The van der Waals surface area contributed by atoms with E-state index in [2.05, 4.69) is 10.1 Å². The highest BCUT2D eigenvalue weighted by molar-refractivity contribution is 6.30. The maximum absolute atomic E-state index is 5.93. The molecule has 0 aliphatic rings. The van der Waals surface area contributed by atoms with Gasteiger partial charge in [0.05, 0.1) is 12.7 Å². The molecular formula is C14H18ClN3O2. The van der Waals surface area contributed by atoms with Crippen molar-refractivity contribution in [3.05, 3.63) is 29.1 Å². The van der Waals surface area contributed by atoms with Crippen LogP contribution < -0.4 is 10.5 Å². The number of nitrogens with zero attached hydrogens (tertiary/aromatic N) is 2. The largest absolute Gasteiger partial charge is 0.496 e. The lowest BCUT2D eigenvalue weighted by atomic mass is 10.1. The fraction of sp³-hybridized carbons (Fsp3) is 0.429. The quantitative estimate of drug-likeness (QED) is 0.886. The van der Waals surface area contributed by atoms with Crippen LogP contribution in [-0.4, -0.2) is 23.3 Å². The van der Waals surface area contributed by atoms with Crippen molar-refractivity contribution in [2.24, 2.45) is 5.73 Å². The number of rotatable bonds is 6. The molecule has 0 spiro atoms. The van der Waals surface area contributed by atoms with Gasteiger partial charge in [0.25, 0.3) is 0 Å². The monoisotopic (exact) mass is 295 g/mol. The Morgan fingerprint density at radius 3 is 2.95 bits per heavy atom. The number of ether oxygens (including phenoxy) is 1. The number of aryl methyl sites for hydroxylation is 1.